The second-order valence-corrected chi connectivity index (χ2v) is 7.00. The molecular formula is C24H25N3O. The van der Waals surface area contributed by atoms with E-state index < -0.39 is 0 Å². The van der Waals surface area contributed by atoms with E-state index in [1.54, 1.807) is 0 Å². The molecule has 0 bridgehead atoms. The normalized spacial score (nSPS) is 11.0. The van der Waals surface area contributed by atoms with Crippen molar-refractivity contribution in [1.29, 1.82) is 0 Å². The maximum Gasteiger partial charge on any atom is 0.137 e. The first-order valence-corrected chi connectivity index (χ1v) is 9.89. The van der Waals surface area contributed by atoms with Crippen LogP contribution in [-0.2, 0) is 19.3 Å². The van der Waals surface area contributed by atoms with Crippen LogP contribution in [0, 0.1) is 0 Å². The lowest BCUT2D eigenvalue weighted by molar-refractivity contribution is 0.314. The zero-order chi connectivity index (χ0) is 19.2. The summed E-state index contributed by atoms with van der Waals surface area (Å²) in [5.74, 6) is 0.994. The highest BCUT2D eigenvalue weighted by Gasteiger charge is 2.07. The van der Waals surface area contributed by atoms with Crippen molar-refractivity contribution in [2.24, 2.45) is 0 Å². The van der Waals surface area contributed by atoms with Crippen LogP contribution in [0.15, 0.2) is 67.1 Å². The van der Waals surface area contributed by atoms with Crippen molar-refractivity contribution >= 4 is 11.0 Å². The molecule has 0 amide bonds. The summed E-state index contributed by atoms with van der Waals surface area (Å²) >= 11 is 0. The number of aryl methyl sites for hydroxylation is 2. The van der Waals surface area contributed by atoms with Gasteiger partial charge < -0.3 is 9.72 Å². The Bertz CT molecular complexity index is 1040. The number of H-pyrrole nitrogens is 1. The van der Waals surface area contributed by atoms with Gasteiger partial charge in [0.2, 0.25) is 0 Å². The predicted molar refractivity (Wildman–Crippen MR) is 113 cm³/mol. The van der Waals surface area contributed by atoms with E-state index in [1.807, 2.05) is 30.7 Å². The highest BCUT2D eigenvalue weighted by Crippen LogP contribution is 2.21. The Morgan fingerprint density at radius 3 is 2.71 bits per heavy atom. The molecule has 1 N–H and O–H groups in total. The first-order valence-electron chi connectivity index (χ1n) is 9.89. The fraction of sp³-hybridized carbons (Fsp3) is 0.250. The van der Waals surface area contributed by atoms with Crippen molar-refractivity contribution in [2.45, 2.75) is 32.6 Å². The van der Waals surface area contributed by atoms with Gasteiger partial charge in [0.05, 0.1) is 6.61 Å². The van der Waals surface area contributed by atoms with Crippen molar-refractivity contribution in [1.82, 2.24) is 15.0 Å². The van der Waals surface area contributed by atoms with Gasteiger partial charge in [0, 0.05) is 36.1 Å². The van der Waals surface area contributed by atoms with E-state index in [0.29, 0.717) is 0 Å². The van der Waals surface area contributed by atoms with E-state index in [-0.39, 0.29) is 0 Å². The number of pyridine rings is 2. The number of benzene rings is 1. The molecule has 4 heteroatoms. The lowest BCUT2D eigenvalue weighted by Crippen LogP contribution is -2.01. The van der Waals surface area contributed by atoms with Gasteiger partial charge >= 0.3 is 0 Å². The summed E-state index contributed by atoms with van der Waals surface area (Å²) in [7, 11) is 0. The van der Waals surface area contributed by atoms with Gasteiger partial charge in [-0.3, -0.25) is 4.98 Å². The molecule has 0 aliphatic heterocycles. The second-order valence-electron chi connectivity index (χ2n) is 7.00. The van der Waals surface area contributed by atoms with E-state index in [4.69, 9.17) is 4.74 Å². The van der Waals surface area contributed by atoms with E-state index >= 15 is 0 Å². The van der Waals surface area contributed by atoms with Crippen molar-refractivity contribution in [2.75, 3.05) is 6.61 Å². The third-order valence-corrected chi connectivity index (χ3v) is 4.90. The van der Waals surface area contributed by atoms with Gasteiger partial charge in [-0.25, -0.2) is 4.98 Å². The predicted octanol–water partition coefficient (Wildman–Crippen LogP) is 5.12. The molecule has 0 saturated heterocycles. The zero-order valence-corrected chi connectivity index (χ0v) is 16.2. The van der Waals surface area contributed by atoms with Gasteiger partial charge in [0.1, 0.15) is 11.4 Å². The molecule has 0 aliphatic rings. The molecule has 4 aromatic rings. The third kappa shape index (κ3) is 4.22. The number of nitrogens with zero attached hydrogens (tertiary/aromatic N) is 2. The molecule has 0 atom stereocenters. The molecule has 4 nitrogen and oxygen atoms in total. The molecule has 0 radical (unpaired) electrons. The second kappa shape index (κ2) is 8.70. The quantitative estimate of drug-likeness (QED) is 0.467. The van der Waals surface area contributed by atoms with E-state index in [0.717, 1.165) is 49.4 Å². The molecule has 3 aromatic heterocycles. The topological polar surface area (TPSA) is 50.8 Å². The molecule has 3 heterocycles. The number of aromatic nitrogens is 3. The largest absolute Gasteiger partial charge is 0.493 e. The van der Waals surface area contributed by atoms with Crippen LogP contribution in [0.5, 0.6) is 5.75 Å². The Kier molecular flexibility index (Phi) is 5.66. The summed E-state index contributed by atoms with van der Waals surface area (Å²) in [5.41, 5.74) is 5.74. The maximum atomic E-state index is 5.86. The van der Waals surface area contributed by atoms with Crippen LogP contribution in [0.1, 0.15) is 35.7 Å². The summed E-state index contributed by atoms with van der Waals surface area (Å²) in [4.78, 5) is 12.3. The SMILES string of the molecule is CCCOc1ccccc1CCc1ccc(Cc2c[nH]c3ncccc23)cn1. The van der Waals surface area contributed by atoms with Gasteiger partial charge in [-0.2, -0.15) is 0 Å². The molecule has 4 rings (SSSR count). The molecule has 0 saturated carbocycles. The number of para-hydroxylation sites is 1. The first kappa shape index (κ1) is 18.2. The third-order valence-electron chi connectivity index (χ3n) is 4.90. The van der Waals surface area contributed by atoms with E-state index in [2.05, 4.69) is 58.3 Å². The van der Waals surface area contributed by atoms with Crippen LogP contribution in [-0.4, -0.2) is 21.6 Å². The Morgan fingerprint density at radius 1 is 0.929 bits per heavy atom. The van der Waals surface area contributed by atoms with Gasteiger partial charge in [0.25, 0.3) is 0 Å². The van der Waals surface area contributed by atoms with Gasteiger partial charge in [0.15, 0.2) is 0 Å². The fourth-order valence-corrected chi connectivity index (χ4v) is 3.41. The fourth-order valence-electron chi connectivity index (χ4n) is 3.41. The smallest absolute Gasteiger partial charge is 0.137 e. The number of ether oxygens (including phenoxy) is 1. The zero-order valence-electron chi connectivity index (χ0n) is 16.2. The molecule has 142 valence electrons. The van der Waals surface area contributed by atoms with Crippen LogP contribution in [0.2, 0.25) is 0 Å². The van der Waals surface area contributed by atoms with Crippen LogP contribution in [0.3, 0.4) is 0 Å². The summed E-state index contributed by atoms with van der Waals surface area (Å²) in [6.45, 7) is 2.88. The van der Waals surface area contributed by atoms with Crippen molar-refractivity contribution in [3.8, 4) is 5.75 Å². The minimum atomic E-state index is 0.757. The summed E-state index contributed by atoms with van der Waals surface area (Å²) < 4.78 is 5.86. The maximum absolute atomic E-state index is 5.86. The van der Waals surface area contributed by atoms with Crippen molar-refractivity contribution in [3.63, 3.8) is 0 Å². The average molecular weight is 371 g/mol. The van der Waals surface area contributed by atoms with Crippen LogP contribution >= 0.6 is 0 Å². The number of hydrogen-bond donors (Lipinski definition) is 1. The molecule has 0 unspecified atom stereocenters. The summed E-state index contributed by atoms with van der Waals surface area (Å²) in [6, 6.07) is 16.7. The van der Waals surface area contributed by atoms with Crippen LogP contribution < -0.4 is 4.74 Å². The average Bonchev–Trinajstić information content (AvgIpc) is 3.15. The minimum absolute atomic E-state index is 0.757. The van der Waals surface area contributed by atoms with Crippen LogP contribution in [0.4, 0.5) is 0 Å². The number of nitrogens with one attached hydrogen (secondary N) is 1. The first-order chi connectivity index (χ1) is 13.8. The van der Waals surface area contributed by atoms with Crippen molar-refractivity contribution in [3.05, 3.63) is 89.5 Å². The van der Waals surface area contributed by atoms with E-state index in [1.165, 1.54) is 22.1 Å². The van der Waals surface area contributed by atoms with Gasteiger partial charge in [-0.1, -0.05) is 31.2 Å². The minimum Gasteiger partial charge on any atom is -0.493 e. The molecule has 0 spiro atoms. The highest BCUT2D eigenvalue weighted by molar-refractivity contribution is 5.79. The molecule has 0 aliphatic carbocycles. The number of hydrogen-bond acceptors (Lipinski definition) is 3. The lowest BCUT2D eigenvalue weighted by Gasteiger charge is -2.10. The lowest BCUT2D eigenvalue weighted by atomic mass is 10.0. The Morgan fingerprint density at radius 2 is 1.86 bits per heavy atom. The molecule has 0 fully saturated rings. The van der Waals surface area contributed by atoms with Gasteiger partial charge in [-0.15, -0.1) is 0 Å². The molecular weight excluding hydrogens is 346 g/mol. The molecule has 28 heavy (non-hydrogen) atoms. The summed E-state index contributed by atoms with van der Waals surface area (Å²) in [5, 5.41) is 1.18. The Hall–Kier alpha value is -3.14. The van der Waals surface area contributed by atoms with Crippen molar-refractivity contribution < 1.29 is 4.74 Å². The van der Waals surface area contributed by atoms with E-state index in [9.17, 15) is 0 Å². The van der Waals surface area contributed by atoms with Crippen LogP contribution in [0.25, 0.3) is 11.0 Å². The Balaban J connectivity index is 1.40. The highest BCUT2D eigenvalue weighted by atomic mass is 16.5. The number of aromatic amines is 1. The Labute approximate surface area is 165 Å². The standard InChI is InChI=1S/C24H25N3O/c1-2-14-28-23-8-4-3-6-19(23)10-12-21-11-9-18(16-26-21)15-20-17-27-24-22(20)7-5-13-25-24/h3-9,11,13,16-17H,2,10,12,14-15H2,1H3,(H,25,27). The monoisotopic (exact) mass is 371 g/mol. The number of rotatable bonds is 8. The van der Waals surface area contributed by atoms with Gasteiger partial charge in [-0.05, 0) is 60.2 Å². The molecule has 1 aromatic carbocycles. The number of fused-ring (bicyclic) bond motifs is 1. The summed E-state index contributed by atoms with van der Waals surface area (Å²) in [6.07, 6.45) is 9.55.